The maximum atomic E-state index is 12.9. The van der Waals surface area contributed by atoms with Crippen molar-refractivity contribution in [1.29, 1.82) is 0 Å². The van der Waals surface area contributed by atoms with Crippen molar-refractivity contribution in [3.63, 3.8) is 0 Å². The quantitative estimate of drug-likeness (QED) is 0.755. The van der Waals surface area contributed by atoms with E-state index in [-0.39, 0.29) is 36.1 Å². The van der Waals surface area contributed by atoms with Crippen molar-refractivity contribution in [2.24, 2.45) is 0 Å². The smallest absolute Gasteiger partial charge is 0.410 e. The van der Waals surface area contributed by atoms with Gasteiger partial charge in [0.15, 0.2) is 5.75 Å². The summed E-state index contributed by atoms with van der Waals surface area (Å²) in [6.45, 7) is 11.6. The van der Waals surface area contributed by atoms with Crippen LogP contribution in [-0.2, 0) is 9.47 Å². The molecule has 0 bridgehead atoms. The van der Waals surface area contributed by atoms with Crippen LogP contribution in [0, 0.1) is 0 Å². The number of piperazine rings is 1. The Morgan fingerprint density at radius 1 is 1.03 bits per heavy atom. The van der Waals surface area contributed by atoms with E-state index in [2.05, 4.69) is 9.97 Å². The summed E-state index contributed by atoms with van der Waals surface area (Å²) >= 11 is 0. The second kappa shape index (κ2) is 9.15. The van der Waals surface area contributed by atoms with Crippen LogP contribution in [0.3, 0.4) is 0 Å². The molecule has 0 radical (unpaired) electrons. The lowest BCUT2D eigenvalue weighted by molar-refractivity contribution is -0.00505. The minimum Gasteiger partial charge on any atom is -0.505 e. The number of likely N-dealkylation sites (tertiary alicyclic amines) is 1. The predicted molar refractivity (Wildman–Crippen MR) is 114 cm³/mol. The van der Waals surface area contributed by atoms with Crippen LogP contribution in [0.5, 0.6) is 5.75 Å². The molecule has 2 atom stereocenters. The Morgan fingerprint density at radius 3 is 2.10 bits per heavy atom. The summed E-state index contributed by atoms with van der Waals surface area (Å²) in [7, 11) is 0. The summed E-state index contributed by atoms with van der Waals surface area (Å²) in [5, 5.41) is 9.38. The van der Waals surface area contributed by atoms with Gasteiger partial charge in [-0.05, 0) is 34.6 Å². The Labute approximate surface area is 183 Å². The van der Waals surface area contributed by atoms with Crippen molar-refractivity contribution in [2.75, 3.05) is 31.1 Å². The number of rotatable bonds is 2. The number of piperidine rings is 1. The van der Waals surface area contributed by atoms with Gasteiger partial charge >= 0.3 is 12.2 Å². The van der Waals surface area contributed by atoms with E-state index in [1.165, 1.54) is 12.4 Å². The number of aromatic hydroxyl groups is 1. The maximum Gasteiger partial charge on any atom is 0.410 e. The number of aromatic nitrogens is 2. The third kappa shape index (κ3) is 5.89. The molecule has 10 nitrogen and oxygen atoms in total. The van der Waals surface area contributed by atoms with E-state index in [4.69, 9.17) is 9.47 Å². The minimum atomic E-state index is -0.528. The van der Waals surface area contributed by atoms with Gasteiger partial charge in [0.25, 0.3) is 0 Å². The van der Waals surface area contributed by atoms with Gasteiger partial charge in [-0.2, -0.15) is 0 Å². The average Bonchev–Trinajstić information content (AvgIpc) is 2.67. The molecular formula is C21H33N5O5. The molecule has 2 fully saturated rings. The highest BCUT2D eigenvalue weighted by atomic mass is 16.6. The van der Waals surface area contributed by atoms with Gasteiger partial charge in [-0.15, -0.1) is 0 Å². The maximum absolute atomic E-state index is 12.9. The third-order valence-electron chi connectivity index (χ3n) is 5.40. The van der Waals surface area contributed by atoms with Crippen molar-refractivity contribution < 1.29 is 24.2 Å². The first-order valence-electron chi connectivity index (χ1n) is 10.8. The number of hydrogen-bond acceptors (Lipinski definition) is 8. The predicted octanol–water partition coefficient (Wildman–Crippen LogP) is 2.62. The molecule has 2 amide bonds. The van der Waals surface area contributed by atoms with Gasteiger partial charge in [-0.25, -0.2) is 19.6 Å². The number of hydrogen-bond donors (Lipinski definition) is 1. The largest absolute Gasteiger partial charge is 0.505 e. The van der Waals surface area contributed by atoms with Crippen LogP contribution in [0.4, 0.5) is 15.5 Å². The van der Waals surface area contributed by atoms with Crippen LogP contribution < -0.4 is 4.90 Å². The minimum absolute atomic E-state index is 0.0183. The third-order valence-corrected chi connectivity index (χ3v) is 5.40. The first-order valence-corrected chi connectivity index (χ1v) is 10.8. The highest BCUT2D eigenvalue weighted by molar-refractivity contribution is 5.70. The van der Waals surface area contributed by atoms with Gasteiger partial charge in [0.05, 0.1) is 24.5 Å². The molecule has 10 heteroatoms. The normalized spacial score (nSPS) is 22.9. The molecule has 31 heavy (non-hydrogen) atoms. The van der Waals surface area contributed by atoms with Crippen molar-refractivity contribution in [3.8, 4) is 5.75 Å². The van der Waals surface area contributed by atoms with Crippen molar-refractivity contribution in [1.82, 2.24) is 19.8 Å². The molecule has 0 spiro atoms. The summed E-state index contributed by atoms with van der Waals surface area (Å²) in [4.78, 5) is 38.8. The van der Waals surface area contributed by atoms with E-state index in [1.54, 1.807) is 9.80 Å². The van der Waals surface area contributed by atoms with E-state index >= 15 is 0 Å². The molecule has 1 N–H and O–H groups in total. The summed E-state index contributed by atoms with van der Waals surface area (Å²) < 4.78 is 11.2. The van der Waals surface area contributed by atoms with Gasteiger partial charge in [0.2, 0.25) is 5.95 Å². The number of carbonyl (C=O) groups excluding carboxylic acids is 2. The van der Waals surface area contributed by atoms with Crippen molar-refractivity contribution in [2.45, 2.75) is 71.2 Å². The average molecular weight is 436 g/mol. The number of ether oxygens (including phenoxy) is 2. The van der Waals surface area contributed by atoms with Crippen LogP contribution in [0.15, 0.2) is 12.4 Å². The lowest BCUT2D eigenvalue weighted by Gasteiger charge is -2.44. The van der Waals surface area contributed by atoms with E-state index in [1.807, 2.05) is 39.5 Å². The summed E-state index contributed by atoms with van der Waals surface area (Å²) in [6.07, 6.45) is 3.03. The van der Waals surface area contributed by atoms with E-state index in [9.17, 15) is 14.7 Å². The van der Waals surface area contributed by atoms with E-state index in [0.717, 1.165) is 0 Å². The SMILES string of the molecule is C[C@@H]1CN(c2ncc(O)cn2)C[C@H](C)N1C(=O)OC1CCN(C(=O)OC(C)(C)C)CC1. The zero-order valence-corrected chi connectivity index (χ0v) is 18.9. The van der Waals surface area contributed by atoms with E-state index in [0.29, 0.717) is 45.0 Å². The molecule has 1 aromatic heterocycles. The fourth-order valence-electron chi connectivity index (χ4n) is 4.01. The Kier molecular flexibility index (Phi) is 6.76. The molecule has 3 rings (SSSR count). The van der Waals surface area contributed by atoms with Crippen LogP contribution in [0.2, 0.25) is 0 Å². The fraction of sp³-hybridized carbons (Fsp3) is 0.714. The molecular weight excluding hydrogens is 402 g/mol. The molecule has 0 aromatic carbocycles. The first kappa shape index (κ1) is 22.9. The number of nitrogens with zero attached hydrogens (tertiary/aromatic N) is 5. The topological polar surface area (TPSA) is 108 Å². The molecule has 3 heterocycles. The van der Waals surface area contributed by atoms with Gasteiger partial charge in [0.1, 0.15) is 11.7 Å². The Bertz CT molecular complexity index is 761. The Balaban J connectivity index is 1.51. The van der Waals surface area contributed by atoms with Gasteiger partial charge in [-0.1, -0.05) is 0 Å². The lowest BCUT2D eigenvalue weighted by atomic mass is 10.1. The van der Waals surface area contributed by atoms with Crippen LogP contribution >= 0.6 is 0 Å². The number of anilines is 1. The van der Waals surface area contributed by atoms with Crippen molar-refractivity contribution >= 4 is 18.1 Å². The molecule has 172 valence electrons. The summed E-state index contributed by atoms with van der Waals surface area (Å²) in [6, 6.07) is -0.175. The Hall–Kier alpha value is -2.78. The fourth-order valence-corrected chi connectivity index (χ4v) is 4.01. The standard InChI is InChI=1S/C21H33N5O5/c1-14-12-25(18-22-10-16(27)11-23-18)13-15(2)26(14)20(29)30-17-6-8-24(9-7-17)19(28)31-21(3,4)5/h10-11,14-15,17,27H,6-9,12-13H2,1-5H3/t14-,15+. The first-order chi connectivity index (χ1) is 14.5. The van der Waals surface area contributed by atoms with Gasteiger partial charge < -0.3 is 24.4 Å². The van der Waals surface area contributed by atoms with Crippen LogP contribution in [0.1, 0.15) is 47.5 Å². The second-order valence-electron chi connectivity index (χ2n) is 9.30. The number of amides is 2. The second-order valence-corrected chi connectivity index (χ2v) is 9.30. The highest BCUT2D eigenvalue weighted by Crippen LogP contribution is 2.23. The van der Waals surface area contributed by atoms with Crippen LogP contribution in [-0.4, -0.2) is 87.0 Å². The number of carbonyl (C=O) groups is 2. The summed E-state index contributed by atoms with van der Waals surface area (Å²) in [5.41, 5.74) is -0.528. The van der Waals surface area contributed by atoms with Crippen LogP contribution in [0.25, 0.3) is 0 Å². The highest BCUT2D eigenvalue weighted by Gasteiger charge is 2.37. The van der Waals surface area contributed by atoms with Gasteiger partial charge in [-0.3, -0.25) is 4.90 Å². The lowest BCUT2D eigenvalue weighted by Crippen LogP contribution is -2.59. The molecule has 2 aliphatic heterocycles. The van der Waals surface area contributed by atoms with Gasteiger partial charge in [0, 0.05) is 39.0 Å². The van der Waals surface area contributed by atoms with E-state index < -0.39 is 5.60 Å². The zero-order valence-electron chi connectivity index (χ0n) is 18.9. The summed E-state index contributed by atoms with van der Waals surface area (Å²) in [5.74, 6) is 0.545. The monoisotopic (exact) mass is 435 g/mol. The molecule has 2 aliphatic rings. The van der Waals surface area contributed by atoms with Crippen molar-refractivity contribution in [3.05, 3.63) is 12.4 Å². The molecule has 0 saturated carbocycles. The molecule has 2 saturated heterocycles. The molecule has 1 aromatic rings. The molecule has 0 aliphatic carbocycles. The zero-order chi connectivity index (χ0) is 22.8. The Morgan fingerprint density at radius 2 is 1.58 bits per heavy atom. The molecule has 0 unspecified atom stereocenters.